The highest BCUT2D eigenvalue weighted by Crippen LogP contribution is 2.12. The summed E-state index contributed by atoms with van der Waals surface area (Å²) in [5.41, 5.74) is 0.181. The summed E-state index contributed by atoms with van der Waals surface area (Å²) in [5.74, 6) is -0.993. The van der Waals surface area contributed by atoms with Crippen LogP contribution in [0, 0.1) is 0 Å². The van der Waals surface area contributed by atoms with Gasteiger partial charge in [0.15, 0.2) is 0 Å². The van der Waals surface area contributed by atoms with E-state index < -0.39 is 15.7 Å². The van der Waals surface area contributed by atoms with E-state index in [2.05, 4.69) is 4.36 Å². The lowest BCUT2D eigenvalue weighted by Crippen LogP contribution is -2.00. The van der Waals surface area contributed by atoms with Crippen molar-refractivity contribution < 1.29 is 14.1 Å². The van der Waals surface area contributed by atoms with Gasteiger partial charge in [0.25, 0.3) is 0 Å². The first-order valence-electron chi connectivity index (χ1n) is 3.91. The molecule has 5 heteroatoms. The smallest absolute Gasteiger partial charge is 0.335 e. The summed E-state index contributed by atoms with van der Waals surface area (Å²) < 4.78 is 15.5. The first-order valence-corrected chi connectivity index (χ1v) is 5.83. The van der Waals surface area contributed by atoms with E-state index >= 15 is 0 Å². The van der Waals surface area contributed by atoms with Crippen molar-refractivity contribution in [3.63, 3.8) is 0 Å². The lowest BCUT2D eigenvalue weighted by Gasteiger charge is -2.02. The monoisotopic (exact) mass is 213 g/mol. The molecule has 0 heterocycles. The van der Waals surface area contributed by atoms with E-state index in [1.807, 2.05) is 0 Å². The molecule has 1 atom stereocenters. The zero-order chi connectivity index (χ0) is 10.8. The fraction of sp³-hybridized carbons (Fsp3) is 0.222. The van der Waals surface area contributed by atoms with E-state index in [-0.39, 0.29) is 5.56 Å². The van der Waals surface area contributed by atoms with Gasteiger partial charge in [-0.1, -0.05) is 0 Å². The highest BCUT2D eigenvalue weighted by atomic mass is 32.2. The van der Waals surface area contributed by atoms with Crippen LogP contribution in [0.1, 0.15) is 10.4 Å². The maximum absolute atomic E-state index is 11.7. The van der Waals surface area contributed by atoms with Gasteiger partial charge in [0.1, 0.15) is 0 Å². The zero-order valence-electron chi connectivity index (χ0n) is 7.93. The fourth-order valence-electron chi connectivity index (χ4n) is 0.955. The van der Waals surface area contributed by atoms with E-state index in [0.717, 1.165) is 0 Å². The number of rotatable bonds is 2. The first-order chi connectivity index (χ1) is 6.47. The highest BCUT2D eigenvalue weighted by molar-refractivity contribution is 7.93. The van der Waals surface area contributed by atoms with Crippen LogP contribution in [0.2, 0.25) is 0 Å². The van der Waals surface area contributed by atoms with Gasteiger partial charge in [-0.25, -0.2) is 13.4 Å². The van der Waals surface area contributed by atoms with Crippen molar-refractivity contribution in [3.8, 4) is 0 Å². The van der Waals surface area contributed by atoms with Crippen molar-refractivity contribution in [2.24, 2.45) is 4.36 Å². The van der Waals surface area contributed by atoms with E-state index in [9.17, 15) is 9.00 Å². The molecule has 0 aliphatic heterocycles. The highest BCUT2D eigenvalue weighted by Gasteiger charge is 2.06. The second-order valence-corrected chi connectivity index (χ2v) is 5.26. The summed E-state index contributed by atoms with van der Waals surface area (Å²) in [7, 11) is -0.879. The quantitative estimate of drug-likeness (QED) is 0.809. The number of hydrogen-bond acceptors (Lipinski definition) is 3. The maximum atomic E-state index is 11.7. The molecule has 0 amide bonds. The molecule has 1 N–H and O–H groups in total. The van der Waals surface area contributed by atoms with Crippen LogP contribution in [-0.4, -0.2) is 28.6 Å². The van der Waals surface area contributed by atoms with Crippen LogP contribution in [-0.2, 0) is 9.73 Å². The van der Waals surface area contributed by atoms with Crippen LogP contribution in [0.3, 0.4) is 0 Å². The molecule has 14 heavy (non-hydrogen) atoms. The molecular weight excluding hydrogens is 202 g/mol. The van der Waals surface area contributed by atoms with Crippen LogP contribution < -0.4 is 0 Å². The molecule has 0 bridgehead atoms. The zero-order valence-corrected chi connectivity index (χ0v) is 8.75. The first kappa shape index (κ1) is 10.7. The van der Waals surface area contributed by atoms with Gasteiger partial charge in [-0.05, 0) is 24.3 Å². The molecule has 4 nitrogen and oxygen atoms in total. The van der Waals surface area contributed by atoms with Crippen LogP contribution in [0.5, 0.6) is 0 Å². The summed E-state index contributed by atoms with van der Waals surface area (Å²) in [5, 5.41) is 8.64. The Morgan fingerprint density at radius 1 is 1.36 bits per heavy atom. The molecule has 0 spiro atoms. The average Bonchev–Trinajstić information content (AvgIpc) is 2.18. The molecule has 1 rings (SSSR count). The standard InChI is InChI=1S/C9H11NO3S/c1-10-14(2,13)8-5-3-7(4-6-8)9(11)12/h3-6H,1-2H3,(H,11,12). The van der Waals surface area contributed by atoms with Crippen LogP contribution in [0.25, 0.3) is 0 Å². The Balaban J connectivity index is 3.19. The van der Waals surface area contributed by atoms with Crippen molar-refractivity contribution in [1.82, 2.24) is 0 Å². The van der Waals surface area contributed by atoms with Crippen molar-refractivity contribution >= 4 is 15.7 Å². The third-order valence-corrected chi connectivity index (χ3v) is 3.73. The van der Waals surface area contributed by atoms with Crippen molar-refractivity contribution in [3.05, 3.63) is 29.8 Å². The second kappa shape index (κ2) is 3.79. The molecule has 0 radical (unpaired) electrons. The summed E-state index contributed by atoms with van der Waals surface area (Å²) in [4.78, 5) is 11.1. The predicted molar refractivity (Wildman–Crippen MR) is 54.1 cm³/mol. The minimum Gasteiger partial charge on any atom is -0.478 e. The van der Waals surface area contributed by atoms with E-state index in [4.69, 9.17) is 5.11 Å². The van der Waals surface area contributed by atoms with Gasteiger partial charge in [-0.2, -0.15) is 0 Å². The number of benzene rings is 1. The van der Waals surface area contributed by atoms with Crippen LogP contribution in [0.4, 0.5) is 0 Å². The van der Waals surface area contributed by atoms with E-state index in [1.165, 1.54) is 37.6 Å². The minimum absolute atomic E-state index is 0.181. The maximum Gasteiger partial charge on any atom is 0.335 e. The average molecular weight is 213 g/mol. The van der Waals surface area contributed by atoms with E-state index in [0.29, 0.717) is 4.90 Å². The number of hydrogen-bond donors (Lipinski definition) is 1. The number of aromatic carboxylic acids is 1. The Morgan fingerprint density at radius 3 is 2.21 bits per heavy atom. The molecule has 0 aliphatic carbocycles. The van der Waals surface area contributed by atoms with Gasteiger partial charge in [0.05, 0.1) is 15.3 Å². The van der Waals surface area contributed by atoms with Crippen LogP contribution in [0.15, 0.2) is 33.5 Å². The molecule has 0 fully saturated rings. The molecule has 0 saturated carbocycles. The molecule has 0 aliphatic rings. The van der Waals surface area contributed by atoms with Crippen molar-refractivity contribution in [2.45, 2.75) is 4.90 Å². The normalized spacial score (nSPS) is 14.4. The molecule has 1 aromatic carbocycles. The summed E-state index contributed by atoms with van der Waals surface area (Å²) in [6.07, 6.45) is 1.52. The molecule has 0 saturated heterocycles. The largest absolute Gasteiger partial charge is 0.478 e. The number of carbonyl (C=O) groups is 1. The Labute approximate surface area is 82.8 Å². The minimum atomic E-state index is -2.36. The second-order valence-electron chi connectivity index (χ2n) is 2.81. The molecule has 1 aromatic rings. The van der Waals surface area contributed by atoms with Gasteiger partial charge in [0, 0.05) is 18.2 Å². The third-order valence-electron chi connectivity index (χ3n) is 1.89. The SMILES string of the molecule is CN=S(C)(=O)c1ccc(C(=O)O)cc1. The van der Waals surface area contributed by atoms with Gasteiger partial charge in [-0.3, -0.25) is 0 Å². The van der Waals surface area contributed by atoms with Gasteiger partial charge < -0.3 is 5.11 Å². The van der Waals surface area contributed by atoms with Crippen LogP contribution >= 0.6 is 0 Å². The predicted octanol–water partition coefficient (Wildman–Crippen LogP) is 1.47. The number of nitrogens with zero attached hydrogens (tertiary/aromatic N) is 1. The van der Waals surface area contributed by atoms with Gasteiger partial charge >= 0.3 is 5.97 Å². The summed E-state index contributed by atoms with van der Waals surface area (Å²) in [6, 6.07) is 5.90. The molecule has 76 valence electrons. The number of carboxylic acids is 1. The lowest BCUT2D eigenvalue weighted by molar-refractivity contribution is 0.0697. The summed E-state index contributed by atoms with van der Waals surface area (Å²) in [6.45, 7) is 0. The Bertz CT molecular complexity index is 455. The number of carboxylic acid groups (broad SMARTS) is 1. The molecular formula is C9H11NO3S. The summed E-state index contributed by atoms with van der Waals surface area (Å²) >= 11 is 0. The lowest BCUT2D eigenvalue weighted by atomic mass is 10.2. The molecule has 0 aromatic heterocycles. The Hall–Kier alpha value is -1.36. The third kappa shape index (κ3) is 2.11. The fourth-order valence-corrected chi connectivity index (χ4v) is 1.81. The molecule has 1 unspecified atom stereocenters. The van der Waals surface area contributed by atoms with Gasteiger partial charge in [0.2, 0.25) is 0 Å². The Kier molecular flexibility index (Phi) is 2.90. The van der Waals surface area contributed by atoms with Gasteiger partial charge in [-0.15, -0.1) is 0 Å². The Morgan fingerprint density at radius 2 is 1.86 bits per heavy atom. The topological polar surface area (TPSA) is 66.7 Å². The van der Waals surface area contributed by atoms with Crippen molar-refractivity contribution in [2.75, 3.05) is 13.3 Å². The van der Waals surface area contributed by atoms with E-state index in [1.54, 1.807) is 0 Å². The van der Waals surface area contributed by atoms with Crippen molar-refractivity contribution in [1.29, 1.82) is 0 Å².